The van der Waals surface area contributed by atoms with Gasteiger partial charge in [0, 0.05) is 17.8 Å². The fourth-order valence-corrected chi connectivity index (χ4v) is 4.16. The van der Waals surface area contributed by atoms with Crippen LogP contribution in [0.1, 0.15) is 31.0 Å². The highest BCUT2D eigenvalue weighted by Gasteiger charge is 2.28. The normalized spacial score (nSPS) is 14.4. The van der Waals surface area contributed by atoms with Gasteiger partial charge in [-0.2, -0.15) is 0 Å². The smallest absolute Gasteiger partial charge is 0.271 e. The molecule has 0 aliphatic heterocycles. The third-order valence-corrected chi connectivity index (χ3v) is 5.82. The number of aliphatic hydroxyl groups is 1. The summed E-state index contributed by atoms with van der Waals surface area (Å²) in [4.78, 5) is 31.8. The van der Waals surface area contributed by atoms with Crippen LogP contribution in [0.4, 0.5) is 0 Å². The summed E-state index contributed by atoms with van der Waals surface area (Å²) in [7, 11) is 0. The van der Waals surface area contributed by atoms with Gasteiger partial charge in [0.25, 0.3) is 5.56 Å². The van der Waals surface area contributed by atoms with Gasteiger partial charge < -0.3 is 9.67 Å². The first kappa shape index (κ1) is 17.8. The second-order valence-corrected chi connectivity index (χ2v) is 7.49. The number of rotatable bonds is 4. The first-order chi connectivity index (χ1) is 14.2. The number of benzene rings is 2. The topological polar surface area (TPSA) is 77.1 Å². The maximum Gasteiger partial charge on any atom is 0.271 e. The highest BCUT2D eigenvalue weighted by atomic mass is 16.3. The van der Waals surface area contributed by atoms with Gasteiger partial charge in [-0.05, 0) is 37.1 Å². The summed E-state index contributed by atoms with van der Waals surface area (Å²) in [6.45, 7) is 0.160. The number of aromatic nitrogens is 3. The number of fused-ring (bicyclic) bond motifs is 2. The Hall–Kier alpha value is -3.25. The van der Waals surface area contributed by atoms with Gasteiger partial charge in [-0.1, -0.05) is 36.8 Å². The van der Waals surface area contributed by atoms with Crippen LogP contribution in [0, 0.1) is 0 Å². The van der Waals surface area contributed by atoms with Crippen molar-refractivity contribution in [2.45, 2.75) is 31.7 Å². The molecule has 1 aliphatic rings. The monoisotopic (exact) mass is 387 g/mol. The van der Waals surface area contributed by atoms with Crippen molar-refractivity contribution in [3.8, 4) is 5.69 Å². The number of nitrogens with zero attached hydrogens (tertiary/aromatic N) is 3. The molecule has 0 spiro atoms. The summed E-state index contributed by atoms with van der Waals surface area (Å²) in [5.41, 5.74) is 1.11. The summed E-state index contributed by atoms with van der Waals surface area (Å²) in [5.74, 6) is 0.887. The number of aliphatic hydroxyl groups excluding tert-OH is 1. The van der Waals surface area contributed by atoms with Crippen LogP contribution >= 0.6 is 0 Å². The molecule has 2 heterocycles. The maximum atomic E-state index is 13.7. The van der Waals surface area contributed by atoms with Crippen LogP contribution in [0.3, 0.4) is 0 Å². The molecule has 0 radical (unpaired) electrons. The molecule has 4 aromatic rings. The lowest BCUT2D eigenvalue weighted by atomic mass is 9.84. The molecule has 0 atom stereocenters. The highest BCUT2D eigenvalue weighted by molar-refractivity contribution is 5.91. The highest BCUT2D eigenvalue weighted by Crippen LogP contribution is 2.36. The van der Waals surface area contributed by atoms with Gasteiger partial charge in [0.1, 0.15) is 11.2 Å². The van der Waals surface area contributed by atoms with Crippen LogP contribution in [0.15, 0.2) is 64.2 Å². The van der Waals surface area contributed by atoms with E-state index >= 15 is 0 Å². The predicted molar refractivity (Wildman–Crippen MR) is 113 cm³/mol. The molecule has 2 aromatic heterocycles. The van der Waals surface area contributed by atoms with Gasteiger partial charge in [0.2, 0.25) is 5.43 Å². The molecule has 0 bridgehead atoms. The molecule has 0 saturated heterocycles. The van der Waals surface area contributed by atoms with E-state index in [1.165, 1.54) is 0 Å². The van der Waals surface area contributed by atoms with E-state index in [1.54, 1.807) is 21.3 Å². The Labute approximate surface area is 166 Å². The van der Waals surface area contributed by atoms with E-state index in [1.807, 2.05) is 42.5 Å². The average Bonchev–Trinajstić information content (AvgIpc) is 2.70. The minimum atomic E-state index is -0.342. The fourth-order valence-electron chi connectivity index (χ4n) is 4.16. The Morgan fingerprint density at radius 1 is 1.00 bits per heavy atom. The first-order valence-electron chi connectivity index (χ1n) is 9.95. The minimum absolute atomic E-state index is 0.0732. The van der Waals surface area contributed by atoms with Crippen LogP contribution in [-0.4, -0.2) is 25.8 Å². The summed E-state index contributed by atoms with van der Waals surface area (Å²) < 4.78 is 3.40. The maximum absolute atomic E-state index is 13.7. The molecule has 1 aliphatic carbocycles. The van der Waals surface area contributed by atoms with Gasteiger partial charge in [-0.3, -0.25) is 14.2 Å². The van der Waals surface area contributed by atoms with Gasteiger partial charge in [-0.15, -0.1) is 0 Å². The van der Waals surface area contributed by atoms with Crippen molar-refractivity contribution in [1.29, 1.82) is 0 Å². The quantitative estimate of drug-likeness (QED) is 0.546. The van der Waals surface area contributed by atoms with Crippen molar-refractivity contribution < 1.29 is 5.11 Å². The Kier molecular flexibility index (Phi) is 4.28. The van der Waals surface area contributed by atoms with Crippen molar-refractivity contribution in [2.75, 3.05) is 6.61 Å². The Morgan fingerprint density at radius 2 is 1.72 bits per heavy atom. The van der Waals surface area contributed by atoms with Gasteiger partial charge >= 0.3 is 0 Å². The number of hydrogen-bond acceptors (Lipinski definition) is 4. The third kappa shape index (κ3) is 2.71. The molecule has 6 nitrogen and oxygen atoms in total. The van der Waals surface area contributed by atoms with E-state index in [0.717, 1.165) is 24.9 Å². The Bertz CT molecular complexity index is 1340. The van der Waals surface area contributed by atoms with Gasteiger partial charge in [0.05, 0.1) is 17.8 Å². The molecule has 2 aromatic carbocycles. The first-order valence-corrected chi connectivity index (χ1v) is 9.95. The molecule has 0 unspecified atom stereocenters. The molecule has 1 N–H and O–H groups in total. The molecule has 5 rings (SSSR count). The second kappa shape index (κ2) is 6.97. The second-order valence-electron chi connectivity index (χ2n) is 7.49. The molecule has 146 valence electrons. The lowest BCUT2D eigenvalue weighted by Crippen LogP contribution is -2.32. The predicted octanol–water partition coefficient (Wildman–Crippen LogP) is 2.96. The van der Waals surface area contributed by atoms with Crippen LogP contribution in [0.2, 0.25) is 0 Å². The molecule has 6 heteroatoms. The summed E-state index contributed by atoms with van der Waals surface area (Å²) in [6.07, 6.45) is 3.06. The van der Waals surface area contributed by atoms with E-state index < -0.39 is 0 Å². The van der Waals surface area contributed by atoms with Crippen molar-refractivity contribution in [3.05, 3.63) is 81.0 Å². The standard InChI is InChI=1S/C23H21N3O3/c27-14-13-25-18-12-5-4-11-17(18)20(28)19-22(25)24-21(15-7-6-8-15)26(23(19)29)16-9-2-1-3-10-16/h1-5,9-12,15,27H,6-8,13-14H2. The zero-order valence-corrected chi connectivity index (χ0v) is 15.9. The zero-order valence-electron chi connectivity index (χ0n) is 15.9. The van der Waals surface area contributed by atoms with E-state index in [0.29, 0.717) is 22.4 Å². The van der Waals surface area contributed by atoms with Gasteiger partial charge in [-0.25, -0.2) is 4.98 Å². The fraction of sp³-hybridized carbons (Fsp3) is 0.261. The molecule has 1 fully saturated rings. The lowest BCUT2D eigenvalue weighted by Gasteiger charge is -2.28. The van der Waals surface area contributed by atoms with E-state index in [9.17, 15) is 14.7 Å². The third-order valence-electron chi connectivity index (χ3n) is 5.82. The van der Waals surface area contributed by atoms with Crippen molar-refractivity contribution in [2.24, 2.45) is 0 Å². The lowest BCUT2D eigenvalue weighted by molar-refractivity contribution is 0.279. The minimum Gasteiger partial charge on any atom is -0.395 e. The molecule has 29 heavy (non-hydrogen) atoms. The van der Waals surface area contributed by atoms with Crippen molar-refractivity contribution >= 4 is 21.9 Å². The largest absolute Gasteiger partial charge is 0.395 e. The number of hydrogen-bond donors (Lipinski definition) is 1. The number of pyridine rings is 1. The molecular weight excluding hydrogens is 366 g/mol. The van der Waals surface area contributed by atoms with Crippen molar-refractivity contribution in [3.63, 3.8) is 0 Å². The summed E-state index contributed by atoms with van der Waals surface area (Å²) in [6, 6.07) is 16.6. The van der Waals surface area contributed by atoms with Gasteiger partial charge in [0.15, 0.2) is 5.65 Å². The van der Waals surface area contributed by atoms with Crippen molar-refractivity contribution in [1.82, 2.24) is 14.1 Å². The molecular formula is C23H21N3O3. The summed E-state index contributed by atoms with van der Waals surface area (Å²) in [5, 5.41) is 10.2. The zero-order chi connectivity index (χ0) is 20.0. The van der Waals surface area contributed by atoms with Crippen LogP contribution in [0.5, 0.6) is 0 Å². The number of para-hydroxylation sites is 2. The van der Waals surface area contributed by atoms with E-state index in [4.69, 9.17) is 4.98 Å². The van der Waals surface area contributed by atoms with E-state index in [2.05, 4.69) is 0 Å². The van der Waals surface area contributed by atoms with Crippen LogP contribution in [0.25, 0.3) is 27.6 Å². The Balaban J connectivity index is 1.98. The molecule has 1 saturated carbocycles. The van der Waals surface area contributed by atoms with Crippen LogP contribution in [-0.2, 0) is 6.54 Å². The Morgan fingerprint density at radius 3 is 2.41 bits per heavy atom. The van der Waals surface area contributed by atoms with Crippen LogP contribution < -0.4 is 11.0 Å². The SMILES string of the molecule is O=c1c2ccccc2n(CCO)c2nc(C3CCC3)n(-c3ccccc3)c(=O)c12. The average molecular weight is 387 g/mol. The summed E-state index contributed by atoms with van der Waals surface area (Å²) >= 11 is 0. The van der Waals surface area contributed by atoms with E-state index in [-0.39, 0.29) is 35.4 Å². The molecule has 0 amide bonds.